The molecule has 3 aromatic heterocycles. The largest absolute Gasteiger partial charge is 0.309 e. The molecule has 0 aliphatic rings. The molecule has 13 aromatic rings. The zero-order chi connectivity index (χ0) is 43.8. The van der Waals surface area contributed by atoms with Gasteiger partial charge in [-0.25, -0.2) is 0 Å². The molecule has 0 unspecified atom stereocenters. The van der Waals surface area contributed by atoms with Gasteiger partial charge in [-0.15, -0.1) is 0 Å². The van der Waals surface area contributed by atoms with Crippen molar-refractivity contribution in [2.45, 2.75) is 0 Å². The van der Waals surface area contributed by atoms with Crippen LogP contribution in [0.4, 0.5) is 0 Å². The van der Waals surface area contributed by atoms with Crippen LogP contribution in [0.1, 0.15) is 5.56 Å². The zero-order valence-corrected chi connectivity index (χ0v) is 36.9. The Morgan fingerprint density at radius 1 is 0.303 bits per heavy atom. The standard InChI is InChI=1S/C61H40N4Si/c62-41-42-31-37-51-50-24-11-14-27-55(50)65(59(51)39-42)58-30-16-29-57-61(58)53-25-12-15-28-56(53)64(57)44-34-38-52-49-23-10-13-26-54(49)63(60(52)40-44)43-32-35-48(36-33-43)66(45-17-4-1-5-18-45,46-19-6-2-7-20-46)47-21-8-3-9-22-47/h1-40H. The molecule has 3 heterocycles. The van der Waals surface area contributed by atoms with Crippen LogP contribution < -0.4 is 20.7 Å². The van der Waals surface area contributed by atoms with E-state index in [2.05, 4.69) is 250 Å². The van der Waals surface area contributed by atoms with E-state index in [0.717, 1.165) is 60.8 Å². The molecule has 0 aliphatic carbocycles. The highest BCUT2D eigenvalue weighted by atomic mass is 28.3. The number of hydrogen-bond acceptors (Lipinski definition) is 1. The van der Waals surface area contributed by atoms with Gasteiger partial charge in [0.2, 0.25) is 0 Å². The SMILES string of the molecule is N#Cc1ccc2c3ccccc3n(-c3cccc4c3c3ccccc3n4-c3ccc4c5ccccc5n(-c5ccc([Si](c6ccccc6)(c6ccccc6)c6ccccc6)cc5)c4c3)c2c1. The summed E-state index contributed by atoms with van der Waals surface area (Å²) < 4.78 is 7.21. The number of hydrogen-bond donors (Lipinski definition) is 0. The Morgan fingerprint density at radius 2 is 0.727 bits per heavy atom. The summed E-state index contributed by atoms with van der Waals surface area (Å²) >= 11 is 0. The van der Waals surface area contributed by atoms with Gasteiger partial charge in [-0.2, -0.15) is 5.26 Å². The normalized spacial score (nSPS) is 11.9. The molecule has 10 aromatic carbocycles. The fourth-order valence-corrected chi connectivity index (χ4v) is 15.8. The van der Waals surface area contributed by atoms with Crippen molar-refractivity contribution in [3.63, 3.8) is 0 Å². The number of aromatic nitrogens is 3. The predicted octanol–water partition coefficient (Wildman–Crippen LogP) is 12.2. The maximum atomic E-state index is 10.0. The third-order valence-corrected chi connectivity index (χ3v) is 18.6. The second-order valence-electron chi connectivity index (χ2n) is 17.2. The summed E-state index contributed by atoms with van der Waals surface area (Å²) in [6.07, 6.45) is 0. The van der Waals surface area contributed by atoms with Crippen molar-refractivity contribution in [2.75, 3.05) is 0 Å². The van der Waals surface area contributed by atoms with Crippen LogP contribution in [0, 0.1) is 11.3 Å². The third kappa shape index (κ3) is 5.49. The van der Waals surface area contributed by atoms with Crippen molar-refractivity contribution in [1.29, 1.82) is 5.26 Å². The average molecular weight is 857 g/mol. The predicted molar refractivity (Wildman–Crippen MR) is 278 cm³/mol. The van der Waals surface area contributed by atoms with Crippen LogP contribution in [-0.4, -0.2) is 21.8 Å². The first kappa shape index (κ1) is 37.8. The lowest BCUT2D eigenvalue weighted by Gasteiger charge is -2.34. The minimum atomic E-state index is -2.70. The quantitative estimate of drug-likeness (QED) is 0.116. The number of fused-ring (bicyclic) bond motifs is 9. The number of benzene rings is 10. The molecule has 0 radical (unpaired) electrons. The molecule has 0 saturated heterocycles. The van der Waals surface area contributed by atoms with Gasteiger partial charge in [0.15, 0.2) is 8.07 Å². The smallest absolute Gasteiger partial charge is 0.179 e. The van der Waals surface area contributed by atoms with Gasteiger partial charge in [0.1, 0.15) is 0 Å². The summed E-state index contributed by atoms with van der Waals surface area (Å²) in [5.74, 6) is 0. The summed E-state index contributed by atoms with van der Waals surface area (Å²) in [5.41, 5.74) is 10.6. The Kier molecular flexibility index (Phi) is 8.57. The van der Waals surface area contributed by atoms with E-state index in [1.165, 1.54) is 42.4 Å². The molecule has 0 saturated carbocycles. The Hall–Kier alpha value is -8.69. The minimum Gasteiger partial charge on any atom is -0.309 e. The first-order valence-electron chi connectivity index (χ1n) is 22.5. The fourth-order valence-electron chi connectivity index (χ4n) is 11.1. The zero-order valence-electron chi connectivity index (χ0n) is 35.9. The highest BCUT2D eigenvalue weighted by Crippen LogP contribution is 2.41. The van der Waals surface area contributed by atoms with E-state index in [4.69, 9.17) is 0 Å². The molecule has 0 amide bonds. The molecule has 0 N–H and O–H groups in total. The van der Waals surface area contributed by atoms with Crippen LogP contribution in [0.2, 0.25) is 0 Å². The summed E-state index contributed by atoms with van der Waals surface area (Å²) in [4.78, 5) is 0. The van der Waals surface area contributed by atoms with Gasteiger partial charge in [-0.1, -0.05) is 176 Å². The molecule has 66 heavy (non-hydrogen) atoms. The highest BCUT2D eigenvalue weighted by molar-refractivity contribution is 7.19. The van der Waals surface area contributed by atoms with E-state index < -0.39 is 8.07 Å². The lowest BCUT2D eigenvalue weighted by Crippen LogP contribution is -2.74. The van der Waals surface area contributed by atoms with Crippen molar-refractivity contribution in [2.24, 2.45) is 0 Å². The van der Waals surface area contributed by atoms with Crippen molar-refractivity contribution >= 4 is 94.2 Å². The molecule has 4 nitrogen and oxygen atoms in total. The van der Waals surface area contributed by atoms with Crippen molar-refractivity contribution in [3.8, 4) is 23.1 Å². The lowest BCUT2D eigenvalue weighted by molar-refractivity contribution is 1.15. The van der Waals surface area contributed by atoms with Crippen LogP contribution in [0.5, 0.6) is 0 Å². The van der Waals surface area contributed by atoms with Crippen molar-refractivity contribution in [3.05, 3.63) is 248 Å². The number of nitrogens with zero attached hydrogens (tertiary/aromatic N) is 4. The summed E-state index contributed by atoms with van der Waals surface area (Å²) in [7, 11) is -2.70. The first-order valence-corrected chi connectivity index (χ1v) is 24.5. The Labute approximate surface area is 382 Å². The van der Waals surface area contributed by atoms with E-state index in [0.29, 0.717) is 5.56 Å². The van der Waals surface area contributed by atoms with Crippen LogP contribution in [0.3, 0.4) is 0 Å². The van der Waals surface area contributed by atoms with E-state index >= 15 is 0 Å². The molecule has 0 spiro atoms. The average Bonchev–Trinajstić information content (AvgIpc) is 4.03. The van der Waals surface area contributed by atoms with E-state index in [1.54, 1.807) is 0 Å². The first-order chi connectivity index (χ1) is 32.7. The van der Waals surface area contributed by atoms with E-state index in [9.17, 15) is 5.26 Å². The van der Waals surface area contributed by atoms with Crippen LogP contribution >= 0.6 is 0 Å². The van der Waals surface area contributed by atoms with Crippen LogP contribution in [-0.2, 0) is 0 Å². The molecule has 308 valence electrons. The summed E-state index contributed by atoms with van der Waals surface area (Å²) in [6.45, 7) is 0. The van der Waals surface area contributed by atoms with Crippen molar-refractivity contribution in [1.82, 2.24) is 13.7 Å². The molecular formula is C61H40N4Si. The van der Waals surface area contributed by atoms with Gasteiger partial charge in [-0.05, 0) is 87.5 Å². The molecule has 5 heteroatoms. The van der Waals surface area contributed by atoms with Gasteiger partial charge in [0.25, 0.3) is 0 Å². The molecule has 0 fully saturated rings. The summed E-state index contributed by atoms with van der Waals surface area (Å²) in [5, 5.41) is 22.5. The van der Waals surface area contributed by atoms with Crippen LogP contribution in [0.25, 0.3) is 82.5 Å². The fraction of sp³-hybridized carbons (Fsp3) is 0. The Bertz CT molecular complexity index is 3950. The lowest BCUT2D eigenvalue weighted by atomic mass is 10.1. The topological polar surface area (TPSA) is 38.6 Å². The summed E-state index contributed by atoms with van der Waals surface area (Å²) in [6, 6.07) is 90.9. The Morgan fingerprint density at radius 3 is 1.32 bits per heavy atom. The number of rotatable bonds is 7. The van der Waals surface area contributed by atoms with E-state index in [1.807, 2.05) is 12.1 Å². The molecule has 0 atom stereocenters. The molecular weight excluding hydrogens is 817 g/mol. The number of para-hydroxylation sites is 3. The minimum absolute atomic E-state index is 0.643. The monoisotopic (exact) mass is 856 g/mol. The van der Waals surface area contributed by atoms with E-state index in [-0.39, 0.29) is 0 Å². The molecule has 0 aliphatic heterocycles. The molecule has 13 rings (SSSR count). The van der Waals surface area contributed by atoms with Gasteiger partial charge in [0, 0.05) is 43.7 Å². The second-order valence-corrected chi connectivity index (χ2v) is 21.0. The van der Waals surface area contributed by atoms with Crippen LogP contribution in [0.15, 0.2) is 243 Å². The van der Waals surface area contributed by atoms with Crippen molar-refractivity contribution < 1.29 is 0 Å². The highest BCUT2D eigenvalue weighted by Gasteiger charge is 2.41. The maximum Gasteiger partial charge on any atom is 0.179 e. The molecule has 0 bridgehead atoms. The van der Waals surface area contributed by atoms with Gasteiger partial charge in [0.05, 0.1) is 50.4 Å². The van der Waals surface area contributed by atoms with Gasteiger partial charge in [-0.3, -0.25) is 0 Å². The Balaban J connectivity index is 1.03. The second kappa shape index (κ2) is 15.0. The maximum absolute atomic E-state index is 10.0. The van der Waals surface area contributed by atoms with Gasteiger partial charge >= 0.3 is 0 Å². The third-order valence-electron chi connectivity index (χ3n) is 13.8. The van der Waals surface area contributed by atoms with Gasteiger partial charge < -0.3 is 13.7 Å². The number of nitriles is 1.